The van der Waals surface area contributed by atoms with Crippen LogP contribution in [0.4, 0.5) is 4.79 Å². The average molecular weight is 247 g/mol. The van der Waals surface area contributed by atoms with Gasteiger partial charge in [0.2, 0.25) is 0 Å². The summed E-state index contributed by atoms with van der Waals surface area (Å²) in [5.41, 5.74) is 0. The molecule has 90 valence electrons. The summed E-state index contributed by atoms with van der Waals surface area (Å²) in [5, 5.41) is 11.8. The number of likely N-dealkylation sites (tertiary alicyclic amines) is 1. The largest absolute Gasteiger partial charge is 0.481 e. The van der Waals surface area contributed by atoms with Gasteiger partial charge in [0.15, 0.2) is 0 Å². The van der Waals surface area contributed by atoms with Gasteiger partial charge in [-0.25, -0.2) is 4.79 Å². The highest BCUT2D eigenvalue weighted by Gasteiger charge is 2.27. The number of amides is 2. The van der Waals surface area contributed by atoms with E-state index in [2.05, 4.69) is 11.9 Å². The highest BCUT2D eigenvalue weighted by atomic mass is 35.5. The number of hydrogen-bond donors (Lipinski definition) is 2. The molecule has 1 atom stereocenters. The third kappa shape index (κ3) is 3.73. The van der Waals surface area contributed by atoms with E-state index < -0.39 is 11.9 Å². The minimum absolute atomic E-state index is 0.203. The van der Waals surface area contributed by atoms with Gasteiger partial charge < -0.3 is 15.3 Å². The van der Waals surface area contributed by atoms with Crippen molar-refractivity contribution in [2.24, 2.45) is 5.92 Å². The van der Waals surface area contributed by atoms with Crippen molar-refractivity contribution in [2.75, 3.05) is 19.6 Å². The van der Waals surface area contributed by atoms with Crippen LogP contribution < -0.4 is 5.32 Å². The van der Waals surface area contributed by atoms with Crippen LogP contribution in [0.1, 0.15) is 12.8 Å². The summed E-state index contributed by atoms with van der Waals surface area (Å²) < 4.78 is 0. The van der Waals surface area contributed by atoms with Crippen LogP contribution in [0.2, 0.25) is 0 Å². The Hall–Kier alpha value is -1.23. The second kappa shape index (κ2) is 5.75. The number of halogens is 1. The molecule has 1 heterocycles. The molecule has 0 aromatic heterocycles. The molecule has 0 spiro atoms. The number of nitrogens with zero attached hydrogens (tertiary/aromatic N) is 1. The zero-order valence-electron chi connectivity index (χ0n) is 8.91. The molecule has 0 radical (unpaired) electrons. The molecule has 1 fully saturated rings. The summed E-state index contributed by atoms with van der Waals surface area (Å²) in [4.78, 5) is 23.9. The first kappa shape index (κ1) is 12.8. The molecule has 1 rings (SSSR count). The molecular weight excluding hydrogens is 232 g/mol. The van der Waals surface area contributed by atoms with Crippen molar-refractivity contribution < 1.29 is 14.7 Å². The lowest BCUT2D eigenvalue weighted by atomic mass is 9.99. The fourth-order valence-corrected chi connectivity index (χ4v) is 1.71. The highest BCUT2D eigenvalue weighted by molar-refractivity contribution is 6.29. The van der Waals surface area contributed by atoms with Crippen LogP contribution >= 0.6 is 11.6 Å². The van der Waals surface area contributed by atoms with Crippen molar-refractivity contribution in [3.05, 3.63) is 11.6 Å². The van der Waals surface area contributed by atoms with Crippen molar-refractivity contribution in [1.82, 2.24) is 10.2 Å². The third-order valence-electron chi connectivity index (χ3n) is 2.49. The third-order valence-corrected chi connectivity index (χ3v) is 2.62. The molecule has 0 bridgehead atoms. The van der Waals surface area contributed by atoms with E-state index in [4.69, 9.17) is 16.7 Å². The van der Waals surface area contributed by atoms with Gasteiger partial charge in [-0.1, -0.05) is 18.2 Å². The van der Waals surface area contributed by atoms with Crippen LogP contribution in [0, 0.1) is 5.92 Å². The number of hydrogen-bond acceptors (Lipinski definition) is 2. The Morgan fingerprint density at radius 1 is 1.56 bits per heavy atom. The fraction of sp³-hybridized carbons (Fsp3) is 0.600. The molecule has 0 unspecified atom stereocenters. The van der Waals surface area contributed by atoms with Gasteiger partial charge in [-0.05, 0) is 12.8 Å². The molecule has 2 amide bonds. The Morgan fingerprint density at radius 3 is 2.81 bits per heavy atom. The van der Waals surface area contributed by atoms with Gasteiger partial charge in [0.05, 0.1) is 12.5 Å². The molecule has 1 aliphatic rings. The van der Waals surface area contributed by atoms with E-state index in [0.717, 1.165) is 0 Å². The van der Waals surface area contributed by atoms with E-state index in [0.29, 0.717) is 24.4 Å². The van der Waals surface area contributed by atoms with Gasteiger partial charge in [-0.3, -0.25) is 4.79 Å². The van der Waals surface area contributed by atoms with Crippen LogP contribution in [-0.2, 0) is 4.79 Å². The van der Waals surface area contributed by atoms with Gasteiger partial charge in [-0.2, -0.15) is 0 Å². The van der Waals surface area contributed by atoms with Gasteiger partial charge in [0.1, 0.15) is 0 Å². The van der Waals surface area contributed by atoms with Crippen molar-refractivity contribution in [3.63, 3.8) is 0 Å². The molecule has 5 nitrogen and oxygen atoms in total. The fourth-order valence-electron chi connectivity index (χ4n) is 1.65. The van der Waals surface area contributed by atoms with Gasteiger partial charge in [0, 0.05) is 18.1 Å². The Labute approximate surface area is 99.1 Å². The van der Waals surface area contributed by atoms with E-state index in [-0.39, 0.29) is 19.1 Å². The van der Waals surface area contributed by atoms with Crippen LogP contribution in [0.3, 0.4) is 0 Å². The first-order valence-corrected chi connectivity index (χ1v) is 5.47. The van der Waals surface area contributed by atoms with Crippen LogP contribution in [-0.4, -0.2) is 41.6 Å². The number of aliphatic carboxylic acids is 1. The standard InChI is InChI=1S/C10H15ClN2O3/c1-7(11)5-12-10(16)13-4-2-3-8(6-13)9(14)15/h8H,1-6H2,(H,12,16)(H,14,15)/t8-/m1/s1. The maximum absolute atomic E-state index is 11.6. The number of carboxylic acid groups (broad SMARTS) is 1. The molecule has 0 aliphatic carbocycles. The summed E-state index contributed by atoms with van der Waals surface area (Å²) in [7, 11) is 0. The monoisotopic (exact) mass is 246 g/mol. The molecule has 0 aromatic carbocycles. The van der Waals surface area contributed by atoms with Gasteiger partial charge >= 0.3 is 12.0 Å². The maximum Gasteiger partial charge on any atom is 0.317 e. The molecule has 1 saturated heterocycles. The lowest BCUT2D eigenvalue weighted by Gasteiger charge is -2.30. The quantitative estimate of drug-likeness (QED) is 0.787. The van der Waals surface area contributed by atoms with E-state index in [1.807, 2.05) is 0 Å². The van der Waals surface area contributed by atoms with Gasteiger partial charge in [0.25, 0.3) is 0 Å². The predicted molar refractivity (Wildman–Crippen MR) is 60.3 cm³/mol. The van der Waals surface area contributed by atoms with E-state index in [9.17, 15) is 9.59 Å². The molecule has 0 saturated carbocycles. The topological polar surface area (TPSA) is 69.6 Å². The number of nitrogens with one attached hydrogen (secondary N) is 1. The minimum atomic E-state index is -0.848. The maximum atomic E-state index is 11.6. The molecule has 0 aromatic rings. The van der Waals surface area contributed by atoms with Crippen LogP contribution in [0.15, 0.2) is 11.6 Å². The minimum Gasteiger partial charge on any atom is -0.481 e. The molecule has 2 N–H and O–H groups in total. The number of rotatable bonds is 3. The first-order chi connectivity index (χ1) is 7.50. The summed E-state index contributed by atoms with van der Waals surface area (Å²) in [6.07, 6.45) is 1.34. The molecule has 6 heteroatoms. The SMILES string of the molecule is C=C(Cl)CNC(=O)N1CCC[C@@H](C(=O)O)C1. The summed E-state index contributed by atoms with van der Waals surface area (Å²) in [6, 6.07) is -0.284. The molecular formula is C10H15ClN2O3. The number of carbonyl (C=O) groups excluding carboxylic acids is 1. The Morgan fingerprint density at radius 2 is 2.25 bits per heavy atom. The Balaban J connectivity index is 2.43. The van der Waals surface area contributed by atoms with Crippen LogP contribution in [0.5, 0.6) is 0 Å². The second-order valence-electron chi connectivity index (χ2n) is 3.80. The number of carboxylic acids is 1. The van der Waals surface area contributed by atoms with Crippen LogP contribution in [0.25, 0.3) is 0 Å². The van der Waals surface area contributed by atoms with Crippen molar-refractivity contribution in [1.29, 1.82) is 0 Å². The van der Waals surface area contributed by atoms with E-state index in [1.165, 1.54) is 4.90 Å². The first-order valence-electron chi connectivity index (χ1n) is 5.09. The van der Waals surface area contributed by atoms with E-state index >= 15 is 0 Å². The summed E-state index contributed by atoms with van der Waals surface area (Å²) in [6.45, 7) is 4.50. The number of piperidine rings is 1. The normalized spacial score (nSPS) is 20.3. The average Bonchev–Trinajstić information content (AvgIpc) is 2.26. The van der Waals surface area contributed by atoms with E-state index in [1.54, 1.807) is 0 Å². The van der Waals surface area contributed by atoms with Crippen molar-refractivity contribution >= 4 is 23.6 Å². The zero-order chi connectivity index (χ0) is 12.1. The lowest BCUT2D eigenvalue weighted by molar-refractivity contribution is -0.143. The molecule has 1 aliphatic heterocycles. The highest BCUT2D eigenvalue weighted by Crippen LogP contribution is 2.16. The summed E-state index contributed by atoms with van der Waals surface area (Å²) >= 11 is 5.52. The second-order valence-corrected chi connectivity index (χ2v) is 4.33. The van der Waals surface area contributed by atoms with Gasteiger partial charge in [-0.15, -0.1) is 0 Å². The zero-order valence-corrected chi connectivity index (χ0v) is 9.66. The Kier molecular flexibility index (Phi) is 4.61. The number of carbonyl (C=O) groups is 2. The Bertz CT molecular complexity index is 306. The smallest absolute Gasteiger partial charge is 0.317 e. The predicted octanol–water partition coefficient (Wildman–Crippen LogP) is 1.25. The summed E-state index contributed by atoms with van der Waals surface area (Å²) in [5.74, 6) is -1.31. The number of urea groups is 1. The lowest BCUT2D eigenvalue weighted by Crippen LogP contribution is -2.47. The molecule has 16 heavy (non-hydrogen) atoms. The van der Waals surface area contributed by atoms with Crippen molar-refractivity contribution in [3.8, 4) is 0 Å². The van der Waals surface area contributed by atoms with Crippen molar-refractivity contribution in [2.45, 2.75) is 12.8 Å².